The van der Waals surface area contributed by atoms with Crippen molar-refractivity contribution in [3.63, 3.8) is 0 Å². The monoisotopic (exact) mass is 191 g/mol. The van der Waals surface area contributed by atoms with E-state index in [-0.39, 0.29) is 5.95 Å². The quantitative estimate of drug-likeness (QED) is 0.761. The maximum absolute atomic E-state index is 8.44. The fraction of sp³-hybridized carbons (Fsp3) is 0.444. The highest BCUT2D eigenvalue weighted by atomic mass is 15.2. The number of nitrogens with two attached hydrogens (primary N) is 1. The lowest BCUT2D eigenvalue weighted by Crippen LogP contribution is -2.20. The van der Waals surface area contributed by atoms with Crippen molar-refractivity contribution >= 4 is 11.8 Å². The van der Waals surface area contributed by atoms with Crippen molar-refractivity contribution in [3.05, 3.63) is 11.8 Å². The molecule has 0 amide bonds. The minimum atomic E-state index is 0.267. The third-order valence-electron chi connectivity index (χ3n) is 1.81. The van der Waals surface area contributed by atoms with Crippen LogP contribution in [0.5, 0.6) is 0 Å². The Labute approximate surface area is 83.2 Å². The largest absolute Gasteiger partial charge is 0.368 e. The van der Waals surface area contributed by atoms with E-state index in [1.165, 1.54) is 0 Å². The second-order valence-electron chi connectivity index (χ2n) is 3.06. The zero-order valence-electron chi connectivity index (χ0n) is 8.36. The molecule has 0 fully saturated rings. The molecule has 0 bridgehead atoms. The molecule has 0 aliphatic rings. The second kappa shape index (κ2) is 4.42. The molecule has 1 aromatic rings. The summed E-state index contributed by atoms with van der Waals surface area (Å²) in [6.45, 7) is 2.51. The third kappa shape index (κ3) is 2.59. The smallest absolute Gasteiger partial charge is 0.222 e. The summed E-state index contributed by atoms with van der Waals surface area (Å²) < 4.78 is 0. The lowest BCUT2D eigenvalue weighted by atomic mass is 10.3. The van der Waals surface area contributed by atoms with Crippen LogP contribution < -0.4 is 10.6 Å². The summed E-state index contributed by atoms with van der Waals surface area (Å²) >= 11 is 0. The number of anilines is 2. The Kier molecular flexibility index (Phi) is 3.24. The second-order valence-corrected chi connectivity index (χ2v) is 3.06. The van der Waals surface area contributed by atoms with Crippen LogP contribution in [0.25, 0.3) is 0 Å². The van der Waals surface area contributed by atoms with Gasteiger partial charge in [0.15, 0.2) is 0 Å². The number of hydrogen-bond donors (Lipinski definition) is 1. The Balaban J connectivity index is 2.79. The van der Waals surface area contributed by atoms with Gasteiger partial charge in [-0.2, -0.15) is 10.2 Å². The zero-order chi connectivity index (χ0) is 10.6. The van der Waals surface area contributed by atoms with Gasteiger partial charge < -0.3 is 10.6 Å². The van der Waals surface area contributed by atoms with Gasteiger partial charge in [0.05, 0.1) is 12.5 Å². The molecule has 0 spiro atoms. The zero-order valence-corrected chi connectivity index (χ0v) is 8.36. The summed E-state index contributed by atoms with van der Waals surface area (Å²) in [6, 6.07) is 3.92. The maximum Gasteiger partial charge on any atom is 0.222 e. The first-order chi connectivity index (χ1) is 6.63. The molecule has 0 aromatic carbocycles. The molecule has 5 heteroatoms. The molecule has 1 aromatic heterocycles. The molecule has 0 aliphatic carbocycles. The predicted molar refractivity (Wildman–Crippen MR) is 54.7 cm³/mol. The first kappa shape index (κ1) is 10.3. The van der Waals surface area contributed by atoms with Gasteiger partial charge in [0, 0.05) is 25.4 Å². The Morgan fingerprint density at radius 2 is 2.29 bits per heavy atom. The number of aromatic nitrogens is 2. The Morgan fingerprint density at radius 3 is 2.86 bits per heavy atom. The summed E-state index contributed by atoms with van der Waals surface area (Å²) in [5.41, 5.74) is 6.34. The van der Waals surface area contributed by atoms with Crippen molar-refractivity contribution in [3.8, 4) is 6.07 Å². The van der Waals surface area contributed by atoms with Crippen LogP contribution in [0, 0.1) is 18.3 Å². The average molecular weight is 191 g/mol. The van der Waals surface area contributed by atoms with Gasteiger partial charge in [0.2, 0.25) is 5.95 Å². The van der Waals surface area contributed by atoms with Gasteiger partial charge in [-0.15, -0.1) is 0 Å². The summed E-state index contributed by atoms with van der Waals surface area (Å²) in [5.74, 6) is 1.02. The van der Waals surface area contributed by atoms with E-state index in [0.717, 1.165) is 11.5 Å². The van der Waals surface area contributed by atoms with Gasteiger partial charge in [-0.3, -0.25) is 0 Å². The van der Waals surface area contributed by atoms with E-state index in [0.29, 0.717) is 13.0 Å². The van der Waals surface area contributed by atoms with Gasteiger partial charge >= 0.3 is 0 Å². The van der Waals surface area contributed by atoms with Crippen molar-refractivity contribution in [1.29, 1.82) is 5.26 Å². The lowest BCUT2D eigenvalue weighted by molar-refractivity contribution is 0.878. The molecule has 0 saturated heterocycles. The number of rotatable bonds is 3. The number of nitrogens with zero attached hydrogens (tertiary/aromatic N) is 4. The minimum Gasteiger partial charge on any atom is -0.368 e. The Hall–Kier alpha value is -1.83. The number of aryl methyl sites for hydroxylation is 1. The normalized spacial score (nSPS) is 9.50. The van der Waals surface area contributed by atoms with Gasteiger partial charge in [-0.1, -0.05) is 0 Å². The van der Waals surface area contributed by atoms with Crippen molar-refractivity contribution in [1.82, 2.24) is 9.97 Å². The van der Waals surface area contributed by atoms with E-state index in [9.17, 15) is 0 Å². The van der Waals surface area contributed by atoms with Gasteiger partial charge in [0.25, 0.3) is 0 Å². The first-order valence-corrected chi connectivity index (χ1v) is 4.32. The highest BCUT2D eigenvalue weighted by Gasteiger charge is 2.04. The molecule has 0 saturated carbocycles. The summed E-state index contributed by atoms with van der Waals surface area (Å²) in [4.78, 5) is 9.93. The number of nitrogen functional groups attached to an aromatic ring is 1. The molecular weight excluding hydrogens is 178 g/mol. The van der Waals surface area contributed by atoms with Crippen LogP contribution in [0.2, 0.25) is 0 Å². The van der Waals surface area contributed by atoms with E-state index < -0.39 is 0 Å². The minimum absolute atomic E-state index is 0.267. The van der Waals surface area contributed by atoms with Crippen molar-refractivity contribution in [2.75, 3.05) is 24.2 Å². The number of hydrogen-bond acceptors (Lipinski definition) is 5. The predicted octanol–water partition coefficient (Wildman–Crippen LogP) is 0.717. The first-order valence-electron chi connectivity index (χ1n) is 4.32. The lowest BCUT2D eigenvalue weighted by Gasteiger charge is -2.16. The van der Waals surface area contributed by atoms with E-state index in [1.54, 1.807) is 0 Å². The van der Waals surface area contributed by atoms with Crippen LogP contribution in [-0.2, 0) is 0 Å². The van der Waals surface area contributed by atoms with Gasteiger partial charge in [-0.25, -0.2) is 4.98 Å². The molecule has 0 atom stereocenters. The summed E-state index contributed by atoms with van der Waals surface area (Å²) in [7, 11) is 1.87. The standard InChI is InChI=1S/C9H13N5/c1-7-6-8(13-9(11)12-7)14(2)5-3-4-10/h6H,3,5H2,1-2H3,(H2,11,12,13). The summed E-state index contributed by atoms with van der Waals surface area (Å²) in [5, 5.41) is 8.44. The molecule has 5 nitrogen and oxygen atoms in total. The van der Waals surface area contributed by atoms with Crippen molar-refractivity contribution in [2.24, 2.45) is 0 Å². The van der Waals surface area contributed by atoms with E-state index in [1.807, 2.05) is 24.9 Å². The fourth-order valence-electron chi connectivity index (χ4n) is 1.10. The van der Waals surface area contributed by atoms with Crippen molar-refractivity contribution < 1.29 is 0 Å². The fourth-order valence-corrected chi connectivity index (χ4v) is 1.10. The molecule has 1 heterocycles. The molecule has 14 heavy (non-hydrogen) atoms. The molecule has 0 aliphatic heterocycles. The van der Waals surface area contributed by atoms with Gasteiger partial charge in [0.1, 0.15) is 5.82 Å². The van der Waals surface area contributed by atoms with Gasteiger partial charge in [-0.05, 0) is 6.92 Å². The average Bonchev–Trinajstić information content (AvgIpc) is 2.12. The number of nitriles is 1. The van der Waals surface area contributed by atoms with Crippen LogP contribution in [0.15, 0.2) is 6.07 Å². The molecule has 2 N–H and O–H groups in total. The summed E-state index contributed by atoms with van der Waals surface area (Å²) in [6.07, 6.45) is 0.472. The molecule has 74 valence electrons. The maximum atomic E-state index is 8.44. The van der Waals surface area contributed by atoms with Crippen LogP contribution in [0.1, 0.15) is 12.1 Å². The third-order valence-corrected chi connectivity index (χ3v) is 1.81. The van der Waals surface area contributed by atoms with E-state index in [4.69, 9.17) is 11.0 Å². The Morgan fingerprint density at radius 1 is 1.57 bits per heavy atom. The highest BCUT2D eigenvalue weighted by molar-refractivity contribution is 5.42. The van der Waals surface area contributed by atoms with E-state index >= 15 is 0 Å². The molecular formula is C9H13N5. The molecule has 0 unspecified atom stereocenters. The van der Waals surface area contributed by atoms with E-state index in [2.05, 4.69) is 16.0 Å². The van der Waals surface area contributed by atoms with Crippen LogP contribution in [0.3, 0.4) is 0 Å². The van der Waals surface area contributed by atoms with Crippen LogP contribution in [0.4, 0.5) is 11.8 Å². The SMILES string of the molecule is Cc1cc(N(C)CCC#N)nc(N)n1. The van der Waals surface area contributed by atoms with Crippen LogP contribution in [-0.4, -0.2) is 23.6 Å². The van der Waals surface area contributed by atoms with Crippen LogP contribution >= 0.6 is 0 Å². The molecule has 0 radical (unpaired) electrons. The highest BCUT2D eigenvalue weighted by Crippen LogP contribution is 2.11. The Bertz CT molecular complexity index is 334. The van der Waals surface area contributed by atoms with Crippen molar-refractivity contribution in [2.45, 2.75) is 13.3 Å². The molecule has 1 rings (SSSR count). The topological polar surface area (TPSA) is 78.8 Å².